The fraction of sp³-hybridized carbons (Fsp3) is 0.242. The SMILES string of the molecule is N#Cc1ccc(C[C@H](Nc2nc(NCc3nc4cc(Cl)ccc4[nH]3)nc(Nc3cccc(CN4CCN(C=O)CC4)c3)n2)C(=O)O)cc1. The summed E-state index contributed by atoms with van der Waals surface area (Å²) in [6, 6.07) is 21.0. The van der Waals surface area contributed by atoms with E-state index in [0.29, 0.717) is 29.5 Å². The van der Waals surface area contributed by atoms with Gasteiger partial charge in [-0.3, -0.25) is 9.69 Å². The number of carboxylic acids is 1. The number of amides is 1. The Kier molecular flexibility index (Phi) is 9.89. The number of rotatable bonds is 13. The van der Waals surface area contributed by atoms with E-state index in [2.05, 4.69) is 51.8 Å². The second-order valence-corrected chi connectivity index (χ2v) is 11.7. The molecule has 15 heteroatoms. The van der Waals surface area contributed by atoms with Gasteiger partial charge in [0.1, 0.15) is 11.9 Å². The first kappa shape index (κ1) is 32.2. The molecule has 3 aromatic carbocycles. The highest BCUT2D eigenvalue weighted by molar-refractivity contribution is 6.31. The Labute approximate surface area is 280 Å². The molecule has 3 heterocycles. The minimum absolute atomic E-state index is 0.0524. The zero-order chi connectivity index (χ0) is 33.5. The Morgan fingerprint density at radius 3 is 2.50 bits per heavy atom. The number of nitrogens with zero attached hydrogens (tertiary/aromatic N) is 7. The van der Waals surface area contributed by atoms with Gasteiger partial charge in [0.25, 0.3) is 0 Å². The quantitative estimate of drug-likeness (QED) is 0.114. The van der Waals surface area contributed by atoms with E-state index in [9.17, 15) is 14.7 Å². The minimum atomic E-state index is -1.09. The summed E-state index contributed by atoms with van der Waals surface area (Å²) in [6.45, 7) is 3.94. The minimum Gasteiger partial charge on any atom is -0.480 e. The van der Waals surface area contributed by atoms with Crippen LogP contribution in [0.15, 0.2) is 66.7 Å². The Balaban J connectivity index is 1.22. The zero-order valence-electron chi connectivity index (χ0n) is 25.7. The fourth-order valence-corrected chi connectivity index (χ4v) is 5.49. The van der Waals surface area contributed by atoms with Gasteiger partial charge in [0, 0.05) is 49.9 Å². The number of carbonyl (C=O) groups excluding carboxylic acids is 1. The van der Waals surface area contributed by atoms with Gasteiger partial charge >= 0.3 is 5.97 Å². The molecule has 5 N–H and O–H groups in total. The van der Waals surface area contributed by atoms with E-state index in [-0.39, 0.29) is 30.8 Å². The maximum absolute atomic E-state index is 12.3. The van der Waals surface area contributed by atoms with Crippen LogP contribution in [0.2, 0.25) is 5.02 Å². The molecular weight excluding hydrogens is 634 g/mol. The van der Waals surface area contributed by atoms with Crippen LogP contribution in [0, 0.1) is 11.3 Å². The number of imidazole rings is 1. The van der Waals surface area contributed by atoms with Crippen molar-refractivity contribution in [2.45, 2.75) is 25.6 Å². The third kappa shape index (κ3) is 8.32. The van der Waals surface area contributed by atoms with Crippen molar-refractivity contribution in [3.63, 3.8) is 0 Å². The number of aromatic nitrogens is 5. The van der Waals surface area contributed by atoms with Crippen molar-refractivity contribution in [1.82, 2.24) is 34.7 Å². The number of carbonyl (C=O) groups is 2. The number of benzene rings is 3. The molecule has 6 rings (SSSR count). The van der Waals surface area contributed by atoms with Crippen LogP contribution in [0.1, 0.15) is 22.5 Å². The van der Waals surface area contributed by atoms with Crippen LogP contribution < -0.4 is 16.0 Å². The molecule has 1 fully saturated rings. The summed E-state index contributed by atoms with van der Waals surface area (Å²) in [5.74, 6) is -0.0171. The van der Waals surface area contributed by atoms with Crippen LogP contribution in [0.5, 0.6) is 0 Å². The van der Waals surface area contributed by atoms with Crippen LogP contribution in [0.3, 0.4) is 0 Å². The second kappa shape index (κ2) is 14.8. The lowest BCUT2D eigenvalue weighted by atomic mass is 10.0. The van der Waals surface area contributed by atoms with Crippen LogP contribution >= 0.6 is 11.6 Å². The number of anilines is 4. The molecule has 1 saturated heterocycles. The molecule has 48 heavy (non-hydrogen) atoms. The number of aliphatic carboxylic acids is 1. The highest BCUT2D eigenvalue weighted by atomic mass is 35.5. The van der Waals surface area contributed by atoms with Crippen molar-refractivity contribution in [3.8, 4) is 6.07 Å². The number of hydrogen-bond acceptors (Lipinski definition) is 11. The number of hydrogen-bond donors (Lipinski definition) is 5. The van der Waals surface area contributed by atoms with E-state index < -0.39 is 12.0 Å². The summed E-state index contributed by atoms with van der Waals surface area (Å²) in [4.78, 5) is 48.8. The summed E-state index contributed by atoms with van der Waals surface area (Å²) in [6.07, 6.45) is 1.02. The van der Waals surface area contributed by atoms with Gasteiger partial charge in [-0.1, -0.05) is 35.9 Å². The second-order valence-electron chi connectivity index (χ2n) is 11.3. The molecular formula is C33H32ClN11O3. The number of aromatic amines is 1. The molecule has 1 aliphatic heterocycles. The van der Waals surface area contributed by atoms with Crippen LogP contribution in [-0.4, -0.2) is 84.4 Å². The lowest BCUT2D eigenvalue weighted by Gasteiger charge is -2.32. The Morgan fingerprint density at radius 1 is 0.979 bits per heavy atom. The van der Waals surface area contributed by atoms with Crippen LogP contribution in [0.4, 0.5) is 23.5 Å². The van der Waals surface area contributed by atoms with E-state index >= 15 is 0 Å². The van der Waals surface area contributed by atoms with Gasteiger partial charge in [0.05, 0.1) is 29.2 Å². The molecule has 1 aliphatic rings. The van der Waals surface area contributed by atoms with Crippen LogP contribution in [-0.2, 0) is 29.1 Å². The van der Waals surface area contributed by atoms with E-state index in [1.54, 1.807) is 41.3 Å². The van der Waals surface area contributed by atoms with Gasteiger partial charge in [-0.2, -0.15) is 20.2 Å². The standard InChI is InChI=1S/C33H32ClN11O3/c34-24-8-9-26-27(16-24)39-29(38-26)18-36-31-41-32(37-25-3-1-2-23(14-25)19-44-10-12-45(20-46)13-11-44)43-33(42-31)40-28(30(47)48)15-21-4-6-22(17-35)7-5-21/h1-9,14,16,20,28H,10-13,15,18-19H2,(H,38,39)(H,47,48)(H3,36,37,40,41,42,43)/t28-/m0/s1. The highest BCUT2D eigenvalue weighted by Gasteiger charge is 2.21. The third-order valence-corrected chi connectivity index (χ3v) is 8.05. The van der Waals surface area contributed by atoms with Gasteiger partial charge in [0.15, 0.2) is 0 Å². The number of nitrogens with one attached hydrogen (secondary N) is 4. The third-order valence-electron chi connectivity index (χ3n) is 7.81. The largest absolute Gasteiger partial charge is 0.480 e. The van der Waals surface area contributed by atoms with Gasteiger partial charge in [-0.25, -0.2) is 9.78 Å². The Bertz CT molecular complexity index is 1950. The summed E-state index contributed by atoms with van der Waals surface area (Å²) in [7, 11) is 0. The molecule has 1 amide bonds. The highest BCUT2D eigenvalue weighted by Crippen LogP contribution is 2.21. The molecule has 2 aromatic heterocycles. The summed E-state index contributed by atoms with van der Waals surface area (Å²) < 4.78 is 0. The molecule has 0 radical (unpaired) electrons. The van der Waals surface area contributed by atoms with Crippen molar-refractivity contribution in [3.05, 3.63) is 94.3 Å². The average Bonchev–Trinajstić information content (AvgIpc) is 3.50. The van der Waals surface area contributed by atoms with Gasteiger partial charge in [-0.05, 0) is 53.6 Å². The summed E-state index contributed by atoms with van der Waals surface area (Å²) >= 11 is 6.12. The number of nitriles is 1. The number of carboxylic acid groups (broad SMARTS) is 1. The fourth-order valence-electron chi connectivity index (χ4n) is 5.32. The zero-order valence-corrected chi connectivity index (χ0v) is 26.5. The number of halogens is 1. The smallest absolute Gasteiger partial charge is 0.326 e. The maximum atomic E-state index is 12.3. The predicted octanol–water partition coefficient (Wildman–Crippen LogP) is 4.01. The van der Waals surface area contributed by atoms with E-state index in [1.165, 1.54) is 0 Å². The first-order valence-electron chi connectivity index (χ1n) is 15.2. The van der Waals surface area contributed by atoms with Gasteiger partial charge in [-0.15, -0.1) is 0 Å². The molecule has 0 bridgehead atoms. The lowest BCUT2D eigenvalue weighted by molar-refractivity contribution is -0.137. The first-order chi connectivity index (χ1) is 23.3. The predicted molar refractivity (Wildman–Crippen MR) is 181 cm³/mol. The average molecular weight is 666 g/mol. The number of piperazine rings is 1. The molecule has 0 spiro atoms. The molecule has 0 saturated carbocycles. The van der Waals surface area contributed by atoms with Gasteiger partial charge < -0.3 is 30.9 Å². The first-order valence-corrected chi connectivity index (χ1v) is 15.6. The van der Waals surface area contributed by atoms with E-state index in [1.807, 2.05) is 30.3 Å². The molecule has 0 aliphatic carbocycles. The Hall–Kier alpha value is -5.78. The van der Waals surface area contributed by atoms with Crippen molar-refractivity contribution >= 4 is 58.5 Å². The lowest BCUT2D eigenvalue weighted by Crippen LogP contribution is -2.45. The maximum Gasteiger partial charge on any atom is 0.326 e. The molecule has 244 valence electrons. The normalized spacial score (nSPS) is 13.9. The van der Waals surface area contributed by atoms with Gasteiger partial charge in [0.2, 0.25) is 24.3 Å². The van der Waals surface area contributed by atoms with Crippen LogP contribution in [0.25, 0.3) is 11.0 Å². The monoisotopic (exact) mass is 665 g/mol. The van der Waals surface area contributed by atoms with Crippen molar-refractivity contribution in [2.75, 3.05) is 42.1 Å². The van der Waals surface area contributed by atoms with Crippen molar-refractivity contribution in [2.24, 2.45) is 0 Å². The van der Waals surface area contributed by atoms with E-state index in [4.69, 9.17) is 16.9 Å². The van der Waals surface area contributed by atoms with Crippen molar-refractivity contribution in [1.29, 1.82) is 5.26 Å². The van der Waals surface area contributed by atoms with E-state index in [0.717, 1.165) is 53.9 Å². The summed E-state index contributed by atoms with van der Waals surface area (Å²) in [5.41, 5.74) is 4.58. The van der Waals surface area contributed by atoms with Crippen molar-refractivity contribution < 1.29 is 14.7 Å². The number of H-pyrrole nitrogens is 1. The number of fused-ring (bicyclic) bond motifs is 1. The summed E-state index contributed by atoms with van der Waals surface area (Å²) in [5, 5.41) is 29.1. The topological polar surface area (TPSA) is 188 Å². The molecule has 14 nitrogen and oxygen atoms in total. The molecule has 0 unspecified atom stereocenters. The Morgan fingerprint density at radius 2 is 1.75 bits per heavy atom. The molecule has 1 atom stereocenters. The molecule has 5 aromatic rings.